The highest BCUT2D eigenvalue weighted by Gasteiger charge is 2.10. The molecule has 0 fully saturated rings. The molecule has 0 aliphatic rings. The van der Waals surface area contributed by atoms with Gasteiger partial charge in [0, 0.05) is 16.7 Å². The van der Waals surface area contributed by atoms with Gasteiger partial charge in [-0.15, -0.1) is 0 Å². The van der Waals surface area contributed by atoms with E-state index in [0.29, 0.717) is 11.0 Å². The Morgan fingerprint density at radius 1 is 1.20 bits per heavy atom. The van der Waals surface area contributed by atoms with Gasteiger partial charge in [-0.2, -0.15) is 0 Å². The van der Waals surface area contributed by atoms with Gasteiger partial charge in [0.25, 0.3) is 0 Å². The molecule has 0 aromatic heterocycles. The van der Waals surface area contributed by atoms with Gasteiger partial charge in [0.15, 0.2) is 0 Å². The Morgan fingerprint density at radius 2 is 1.90 bits per heavy atom. The Morgan fingerprint density at radius 3 is 2.50 bits per heavy atom. The maximum Gasteiger partial charge on any atom is 0.238 e. The first-order valence-electron chi connectivity index (χ1n) is 5.98. The summed E-state index contributed by atoms with van der Waals surface area (Å²) >= 11 is 3.35. The highest BCUT2D eigenvalue weighted by atomic mass is 79.9. The van der Waals surface area contributed by atoms with Gasteiger partial charge < -0.3 is 5.32 Å². The highest BCUT2D eigenvalue weighted by Crippen LogP contribution is 2.26. The van der Waals surface area contributed by atoms with E-state index in [2.05, 4.69) is 40.3 Å². The first-order valence-corrected chi connectivity index (χ1v) is 8.32. The predicted molar refractivity (Wildman–Crippen MR) is 84.0 cm³/mol. The first-order chi connectivity index (χ1) is 9.38. The van der Waals surface area contributed by atoms with Crippen LogP contribution < -0.4 is 10.5 Å². The minimum Gasteiger partial charge on any atom is -0.380 e. The number of halogens is 1. The van der Waals surface area contributed by atoms with Crippen LogP contribution in [-0.2, 0) is 16.6 Å². The second kappa shape index (κ2) is 5.95. The summed E-state index contributed by atoms with van der Waals surface area (Å²) < 4.78 is 23.2. The number of rotatable bonds is 4. The fourth-order valence-corrected chi connectivity index (χ4v) is 3.03. The molecule has 0 aliphatic carbocycles. The Kier molecular flexibility index (Phi) is 4.47. The molecule has 20 heavy (non-hydrogen) atoms. The molecule has 6 heteroatoms. The lowest BCUT2D eigenvalue weighted by molar-refractivity contribution is 0.598. The number of nitrogens with two attached hydrogens (primary N) is 1. The third-order valence-corrected chi connectivity index (χ3v) is 4.57. The minimum atomic E-state index is -3.67. The molecule has 0 saturated heterocycles. The fraction of sp³-hybridized carbons (Fsp3) is 0.143. The van der Waals surface area contributed by atoms with Crippen LogP contribution in [0.2, 0.25) is 0 Å². The summed E-state index contributed by atoms with van der Waals surface area (Å²) in [6, 6.07) is 12.8. The molecule has 0 amide bonds. The minimum absolute atomic E-state index is 0.0887. The summed E-state index contributed by atoms with van der Waals surface area (Å²) in [5, 5.41) is 8.36. The lowest BCUT2D eigenvalue weighted by atomic mass is 10.1. The van der Waals surface area contributed by atoms with Crippen LogP contribution in [0.15, 0.2) is 51.8 Å². The Hall–Kier alpha value is -1.37. The van der Waals surface area contributed by atoms with Gasteiger partial charge >= 0.3 is 0 Å². The summed E-state index contributed by atoms with van der Waals surface area (Å²) in [5.74, 6) is 0. The van der Waals surface area contributed by atoms with E-state index in [1.807, 2.05) is 12.1 Å². The standard InChI is InChI=1S/C14H15BrN2O2S/c1-10-4-2-3-5-11(10)9-17-14-7-6-12(8-13(14)15)20(16,18)19/h2-8,17H,9H2,1H3,(H2,16,18,19). The number of nitrogens with one attached hydrogen (secondary N) is 1. The number of hydrogen-bond acceptors (Lipinski definition) is 3. The van der Waals surface area contributed by atoms with E-state index in [0.717, 1.165) is 5.69 Å². The molecule has 3 N–H and O–H groups in total. The Balaban J connectivity index is 2.17. The molecular weight excluding hydrogens is 340 g/mol. The summed E-state index contributed by atoms with van der Waals surface area (Å²) in [5.41, 5.74) is 3.22. The zero-order chi connectivity index (χ0) is 14.8. The van der Waals surface area contributed by atoms with Gasteiger partial charge in [0.1, 0.15) is 0 Å². The van der Waals surface area contributed by atoms with Crippen LogP contribution in [0.5, 0.6) is 0 Å². The molecule has 0 aliphatic heterocycles. The molecule has 2 aromatic rings. The average molecular weight is 355 g/mol. The molecule has 0 spiro atoms. The zero-order valence-electron chi connectivity index (χ0n) is 10.9. The van der Waals surface area contributed by atoms with Crippen LogP contribution in [-0.4, -0.2) is 8.42 Å². The lowest BCUT2D eigenvalue weighted by Crippen LogP contribution is -2.12. The van der Waals surface area contributed by atoms with E-state index >= 15 is 0 Å². The maximum absolute atomic E-state index is 11.3. The number of anilines is 1. The SMILES string of the molecule is Cc1ccccc1CNc1ccc(S(N)(=O)=O)cc1Br. The molecule has 0 heterocycles. The van der Waals surface area contributed by atoms with Gasteiger partial charge in [-0.25, -0.2) is 13.6 Å². The van der Waals surface area contributed by atoms with Crippen molar-refractivity contribution in [3.63, 3.8) is 0 Å². The second-order valence-electron chi connectivity index (χ2n) is 4.47. The molecule has 106 valence electrons. The van der Waals surface area contributed by atoms with Crippen LogP contribution in [0.25, 0.3) is 0 Å². The maximum atomic E-state index is 11.3. The topological polar surface area (TPSA) is 72.2 Å². The van der Waals surface area contributed by atoms with Crippen LogP contribution >= 0.6 is 15.9 Å². The summed E-state index contributed by atoms with van der Waals surface area (Å²) in [6.45, 7) is 2.72. The number of primary sulfonamides is 1. The van der Waals surface area contributed by atoms with E-state index in [-0.39, 0.29) is 4.90 Å². The van der Waals surface area contributed by atoms with E-state index in [1.54, 1.807) is 6.07 Å². The molecule has 4 nitrogen and oxygen atoms in total. The van der Waals surface area contributed by atoms with Gasteiger partial charge in [0.05, 0.1) is 4.90 Å². The molecule has 0 saturated carbocycles. The van der Waals surface area contributed by atoms with Gasteiger partial charge in [-0.1, -0.05) is 24.3 Å². The van der Waals surface area contributed by atoms with Crippen molar-refractivity contribution in [3.8, 4) is 0 Å². The molecule has 0 radical (unpaired) electrons. The summed E-state index contributed by atoms with van der Waals surface area (Å²) in [7, 11) is -3.67. The number of benzene rings is 2. The number of aryl methyl sites for hydroxylation is 1. The third kappa shape index (κ3) is 3.59. The van der Waals surface area contributed by atoms with Crippen molar-refractivity contribution < 1.29 is 8.42 Å². The second-order valence-corrected chi connectivity index (χ2v) is 6.88. The number of sulfonamides is 1. The van der Waals surface area contributed by atoms with E-state index in [1.165, 1.54) is 23.3 Å². The normalized spacial score (nSPS) is 11.3. The van der Waals surface area contributed by atoms with Crippen molar-refractivity contribution in [2.24, 2.45) is 5.14 Å². The van der Waals surface area contributed by atoms with E-state index in [4.69, 9.17) is 5.14 Å². The average Bonchev–Trinajstić information content (AvgIpc) is 2.38. The molecule has 0 unspecified atom stereocenters. The molecular formula is C14H15BrN2O2S. The molecule has 0 bridgehead atoms. The number of hydrogen-bond donors (Lipinski definition) is 2. The quantitative estimate of drug-likeness (QED) is 0.886. The van der Waals surface area contributed by atoms with Crippen molar-refractivity contribution >= 4 is 31.6 Å². The van der Waals surface area contributed by atoms with Crippen LogP contribution in [0.1, 0.15) is 11.1 Å². The summed E-state index contributed by atoms with van der Waals surface area (Å²) in [6.07, 6.45) is 0. The van der Waals surface area contributed by atoms with Crippen molar-refractivity contribution in [2.75, 3.05) is 5.32 Å². The fourth-order valence-electron chi connectivity index (χ4n) is 1.82. The van der Waals surface area contributed by atoms with Crippen molar-refractivity contribution in [1.82, 2.24) is 0 Å². The predicted octanol–water partition coefficient (Wildman–Crippen LogP) is 3.02. The third-order valence-electron chi connectivity index (χ3n) is 3.00. The largest absolute Gasteiger partial charge is 0.380 e. The van der Waals surface area contributed by atoms with Crippen molar-refractivity contribution in [3.05, 3.63) is 58.1 Å². The van der Waals surface area contributed by atoms with Crippen molar-refractivity contribution in [1.29, 1.82) is 0 Å². The first kappa shape index (κ1) is 15.0. The zero-order valence-corrected chi connectivity index (χ0v) is 13.3. The van der Waals surface area contributed by atoms with E-state index in [9.17, 15) is 8.42 Å². The molecule has 0 atom stereocenters. The summed E-state index contributed by atoms with van der Waals surface area (Å²) in [4.78, 5) is 0.0887. The lowest BCUT2D eigenvalue weighted by Gasteiger charge is -2.11. The van der Waals surface area contributed by atoms with Gasteiger partial charge in [0.2, 0.25) is 10.0 Å². The smallest absolute Gasteiger partial charge is 0.238 e. The Labute approximate surface area is 127 Å². The molecule has 2 rings (SSSR count). The van der Waals surface area contributed by atoms with Crippen molar-refractivity contribution in [2.45, 2.75) is 18.4 Å². The van der Waals surface area contributed by atoms with Gasteiger partial charge in [-0.3, -0.25) is 0 Å². The van der Waals surface area contributed by atoms with Crippen LogP contribution in [0.3, 0.4) is 0 Å². The van der Waals surface area contributed by atoms with Crippen LogP contribution in [0, 0.1) is 6.92 Å². The van der Waals surface area contributed by atoms with E-state index < -0.39 is 10.0 Å². The Bertz CT molecular complexity index is 730. The highest BCUT2D eigenvalue weighted by molar-refractivity contribution is 9.10. The van der Waals surface area contributed by atoms with Crippen LogP contribution in [0.4, 0.5) is 5.69 Å². The molecule has 2 aromatic carbocycles. The monoisotopic (exact) mass is 354 g/mol. The van der Waals surface area contributed by atoms with Gasteiger partial charge in [-0.05, 0) is 52.2 Å².